The van der Waals surface area contributed by atoms with Crippen LogP contribution in [0.4, 0.5) is 0 Å². The molecule has 3 aliphatic rings. The van der Waals surface area contributed by atoms with Crippen LogP contribution in [0.3, 0.4) is 0 Å². The molecule has 0 radical (unpaired) electrons. The highest BCUT2D eigenvalue weighted by atomic mass is 16.2. The lowest BCUT2D eigenvalue weighted by Crippen LogP contribution is -2.58. The maximum Gasteiger partial charge on any atom is 0.243 e. The fraction of sp³-hybridized carbons (Fsp3) is 0.444. The Kier molecular flexibility index (Phi) is 16.4. The molecule has 2 aliphatic heterocycles. The summed E-state index contributed by atoms with van der Waals surface area (Å²) in [6.07, 6.45) is 13.9. The van der Waals surface area contributed by atoms with Crippen molar-refractivity contribution in [3.05, 3.63) is 84.0 Å². The molecule has 0 saturated carbocycles. The largest absolute Gasteiger partial charge is 0.389 e. The van der Waals surface area contributed by atoms with Crippen molar-refractivity contribution in [3.8, 4) is 0 Å². The number of carbonyl (C=O) groups is 6. The van der Waals surface area contributed by atoms with Gasteiger partial charge in [0.15, 0.2) is 0 Å². The van der Waals surface area contributed by atoms with Crippen LogP contribution in [-0.2, 0) is 48.2 Å². The molecule has 296 valence electrons. The van der Waals surface area contributed by atoms with Crippen molar-refractivity contribution in [2.45, 2.75) is 56.8 Å². The number of likely N-dealkylation sites (N-methyl/N-ethyl adjacent to an activating group) is 1. The first-order valence-electron chi connectivity index (χ1n) is 18.1. The zero-order chi connectivity index (χ0) is 39.6. The van der Waals surface area contributed by atoms with E-state index in [1.165, 1.54) is 22.8 Å². The van der Waals surface area contributed by atoms with Gasteiger partial charge in [-0.05, 0) is 30.7 Å². The van der Waals surface area contributed by atoms with Crippen molar-refractivity contribution < 1.29 is 28.8 Å². The Morgan fingerprint density at radius 2 is 1.87 bits per heavy atom. The summed E-state index contributed by atoms with van der Waals surface area (Å²) in [5.74, 6) is 2.67. The predicted molar refractivity (Wildman–Crippen MR) is 201 cm³/mol. The first kappa shape index (κ1) is 41.7. The van der Waals surface area contributed by atoms with Crippen LogP contribution in [0.25, 0.3) is 0 Å². The Hall–Kier alpha value is -6.08. The number of hydrogen-bond donors (Lipinski definition) is 9. The lowest BCUT2D eigenvalue weighted by atomic mass is 10.0. The first-order chi connectivity index (χ1) is 26.6. The van der Waals surface area contributed by atoms with E-state index in [2.05, 4.69) is 71.9 Å². The molecular formula is C36H51N13O6. The van der Waals surface area contributed by atoms with E-state index in [1.54, 1.807) is 12.1 Å². The first-order valence-corrected chi connectivity index (χ1v) is 18.1. The number of amides is 6. The van der Waals surface area contributed by atoms with Crippen LogP contribution in [0.15, 0.2) is 72.7 Å². The number of hydrazine groups is 1. The summed E-state index contributed by atoms with van der Waals surface area (Å²) in [7, 11) is 1.43. The molecule has 0 spiro atoms. The van der Waals surface area contributed by atoms with Gasteiger partial charge in [-0.2, -0.15) is 0 Å². The fourth-order valence-electron chi connectivity index (χ4n) is 6.00. The summed E-state index contributed by atoms with van der Waals surface area (Å²) in [5.41, 5.74) is 9.83. The van der Waals surface area contributed by atoms with Crippen LogP contribution >= 0.6 is 0 Å². The Labute approximate surface area is 319 Å². The van der Waals surface area contributed by atoms with Gasteiger partial charge in [-0.15, -0.1) is 5.10 Å². The maximum absolute atomic E-state index is 13.6. The van der Waals surface area contributed by atoms with Crippen molar-refractivity contribution in [1.29, 1.82) is 0 Å². The topological polar surface area (TPSA) is 273 Å². The summed E-state index contributed by atoms with van der Waals surface area (Å²) in [5, 5.41) is 24.0. The van der Waals surface area contributed by atoms with Gasteiger partial charge in [0.1, 0.15) is 24.7 Å². The molecule has 55 heavy (non-hydrogen) atoms. The molecule has 3 heterocycles. The molecule has 1 saturated heterocycles. The molecular weight excluding hydrogens is 710 g/mol. The number of hydrogen-bond acceptors (Lipinski definition) is 12. The van der Waals surface area contributed by atoms with Crippen LogP contribution in [0.2, 0.25) is 0 Å². The Morgan fingerprint density at radius 3 is 2.58 bits per heavy atom. The molecule has 4 unspecified atom stereocenters. The number of nitrogens with one attached hydrogen (secondary N) is 7. The highest BCUT2D eigenvalue weighted by Gasteiger charge is 2.37. The van der Waals surface area contributed by atoms with Crippen LogP contribution in [0, 0.1) is 5.92 Å². The molecule has 19 heteroatoms. The second-order valence-electron chi connectivity index (χ2n) is 13.1. The average Bonchev–Trinajstić information content (AvgIpc) is 3.88. The number of carbonyl (C=O) groups excluding carboxylic acids is 6. The molecule has 2 bridgehead atoms. The van der Waals surface area contributed by atoms with Gasteiger partial charge in [-0.1, -0.05) is 59.8 Å². The fourth-order valence-corrected chi connectivity index (χ4v) is 6.00. The van der Waals surface area contributed by atoms with Crippen LogP contribution in [0.5, 0.6) is 0 Å². The Bertz CT molecular complexity index is 1720. The van der Waals surface area contributed by atoms with Gasteiger partial charge in [0, 0.05) is 51.9 Å². The number of allylic oxidation sites excluding steroid dienone is 3. The van der Waals surface area contributed by atoms with E-state index in [0.717, 1.165) is 24.2 Å². The number of nitrogens with two attached hydrogens (primary N) is 2. The highest BCUT2D eigenvalue weighted by molar-refractivity contribution is 5.96. The lowest BCUT2D eigenvalue weighted by Gasteiger charge is -2.27. The predicted octanol–water partition coefficient (Wildman–Crippen LogP) is -3.01. The van der Waals surface area contributed by atoms with Gasteiger partial charge in [0.25, 0.3) is 0 Å². The molecule has 1 aromatic heterocycles. The number of rotatable bonds is 10. The normalized spacial score (nSPS) is 21.8. The monoisotopic (exact) mass is 761 g/mol. The summed E-state index contributed by atoms with van der Waals surface area (Å²) in [6.45, 7) is 0.817. The molecule has 2 aromatic rings. The van der Waals surface area contributed by atoms with Crippen LogP contribution in [0.1, 0.15) is 30.5 Å². The molecule has 4 atom stereocenters. The third kappa shape index (κ3) is 13.4. The zero-order valence-corrected chi connectivity index (χ0v) is 30.8. The smallest absolute Gasteiger partial charge is 0.243 e. The van der Waals surface area contributed by atoms with E-state index < -0.39 is 53.6 Å². The SMILES string of the molecule is CNC(=O)CNC(=O)C1Cc2cn(nn2)CC(=O)NCC(=O)N2CCCC2C(=O)NC(Cc2ccccc2)C(=O)N1.NC/C(=C/NCC1C=CC=CC1)NN. The molecule has 5 rings (SSSR count). The molecule has 19 nitrogen and oxygen atoms in total. The number of fused-ring (bicyclic) bond motifs is 3. The third-order valence-electron chi connectivity index (χ3n) is 9.00. The minimum absolute atomic E-state index is 0.103. The van der Waals surface area contributed by atoms with Crippen LogP contribution in [-0.4, -0.2) is 113 Å². The van der Waals surface area contributed by atoms with E-state index in [1.807, 2.05) is 24.4 Å². The summed E-state index contributed by atoms with van der Waals surface area (Å²) in [4.78, 5) is 78.5. The Morgan fingerprint density at radius 1 is 1.07 bits per heavy atom. The van der Waals surface area contributed by atoms with E-state index >= 15 is 0 Å². The van der Waals surface area contributed by atoms with E-state index in [9.17, 15) is 28.8 Å². The van der Waals surface area contributed by atoms with Crippen molar-refractivity contribution in [2.24, 2.45) is 17.5 Å². The second kappa shape index (κ2) is 21.6. The Balaban J connectivity index is 0.000000404. The third-order valence-corrected chi connectivity index (χ3v) is 9.00. The molecule has 1 aromatic carbocycles. The van der Waals surface area contributed by atoms with E-state index in [-0.39, 0.29) is 32.5 Å². The van der Waals surface area contributed by atoms with Crippen molar-refractivity contribution in [3.63, 3.8) is 0 Å². The van der Waals surface area contributed by atoms with Gasteiger partial charge in [-0.25, -0.2) is 4.68 Å². The van der Waals surface area contributed by atoms with Crippen molar-refractivity contribution >= 4 is 35.4 Å². The molecule has 1 aliphatic carbocycles. The lowest BCUT2D eigenvalue weighted by molar-refractivity contribution is -0.140. The molecule has 1 fully saturated rings. The van der Waals surface area contributed by atoms with Gasteiger partial charge in [0.05, 0.1) is 24.5 Å². The summed E-state index contributed by atoms with van der Waals surface area (Å²) >= 11 is 0. The summed E-state index contributed by atoms with van der Waals surface area (Å²) < 4.78 is 1.25. The second-order valence-corrected chi connectivity index (χ2v) is 13.1. The van der Waals surface area contributed by atoms with E-state index in [0.29, 0.717) is 37.5 Å². The molecule has 11 N–H and O–H groups in total. The van der Waals surface area contributed by atoms with Crippen molar-refractivity contribution in [2.75, 3.05) is 39.8 Å². The van der Waals surface area contributed by atoms with Gasteiger partial charge in [0.2, 0.25) is 35.4 Å². The highest BCUT2D eigenvalue weighted by Crippen LogP contribution is 2.18. The van der Waals surface area contributed by atoms with Gasteiger partial charge >= 0.3 is 0 Å². The van der Waals surface area contributed by atoms with E-state index in [4.69, 9.17) is 11.6 Å². The number of nitrogens with zero attached hydrogens (tertiary/aromatic N) is 4. The average molecular weight is 762 g/mol. The van der Waals surface area contributed by atoms with Crippen LogP contribution < -0.4 is 48.9 Å². The minimum Gasteiger partial charge on any atom is -0.389 e. The van der Waals surface area contributed by atoms with Gasteiger partial charge < -0.3 is 48.0 Å². The number of aromatic nitrogens is 3. The van der Waals surface area contributed by atoms with Crippen molar-refractivity contribution in [1.82, 2.24) is 57.2 Å². The standard InChI is InChI=1S/C26H33N9O6.C10H18N4/c1-27-21(36)12-29-24(39)19-11-17-14-34(33-32-17)15-22(37)28-13-23(38)35-9-5-8-20(35)26(41)31-18(25(40)30-19)10-16-6-3-2-4-7-16;11-6-10(14-12)8-13-7-9-4-2-1-3-5-9/h2-4,6-7,14,18-20H,5,8-13,15H2,1H3,(H,27,36)(H,28,37)(H,29,39)(H,30,40)(H,31,41);1-4,8-9,13-14H,5-7,11-12H2/b;10-8-. The maximum atomic E-state index is 13.6. The molecule has 6 amide bonds. The zero-order valence-electron chi connectivity index (χ0n) is 30.8. The number of benzene rings is 1. The van der Waals surface area contributed by atoms with Gasteiger partial charge in [-0.3, -0.25) is 34.6 Å². The minimum atomic E-state index is -1.18. The summed E-state index contributed by atoms with van der Waals surface area (Å²) in [6, 6.07) is 5.97. The quantitative estimate of drug-likeness (QED) is 0.0866.